The van der Waals surface area contributed by atoms with Crippen molar-refractivity contribution < 1.29 is 14.3 Å². The molecule has 152 valence electrons. The van der Waals surface area contributed by atoms with Gasteiger partial charge in [-0.1, -0.05) is 24.3 Å². The molecule has 3 heterocycles. The molecule has 0 bridgehead atoms. The summed E-state index contributed by atoms with van der Waals surface area (Å²) in [5.41, 5.74) is 0.895. The third-order valence-corrected chi connectivity index (χ3v) is 5.77. The van der Waals surface area contributed by atoms with Crippen LogP contribution in [-0.4, -0.2) is 40.6 Å². The summed E-state index contributed by atoms with van der Waals surface area (Å²) in [5, 5.41) is 0. The van der Waals surface area contributed by atoms with Crippen molar-refractivity contribution >= 4 is 17.7 Å². The molecule has 4 rings (SSSR count). The van der Waals surface area contributed by atoms with Crippen molar-refractivity contribution in [1.82, 2.24) is 9.88 Å². The van der Waals surface area contributed by atoms with Gasteiger partial charge in [-0.05, 0) is 57.4 Å². The largest absolute Gasteiger partial charge is 0.444 e. The van der Waals surface area contributed by atoms with Gasteiger partial charge in [0, 0.05) is 31.2 Å². The molecule has 0 saturated carbocycles. The Hall–Kier alpha value is -2.89. The minimum Gasteiger partial charge on any atom is -0.444 e. The first-order valence-electron chi connectivity index (χ1n) is 10.1. The molecule has 1 unspecified atom stereocenters. The second-order valence-electron chi connectivity index (χ2n) is 8.82. The molecule has 0 N–H and O–H groups in total. The molecule has 2 aromatic rings. The lowest BCUT2D eigenvalue weighted by Gasteiger charge is -2.58. The normalized spacial score (nSPS) is 21.1. The van der Waals surface area contributed by atoms with E-state index in [0.29, 0.717) is 25.9 Å². The highest BCUT2D eigenvalue weighted by Crippen LogP contribution is 2.57. The molecule has 0 radical (unpaired) electrons. The highest BCUT2D eigenvalue weighted by atomic mass is 16.6. The molecular weight excluding hydrogens is 366 g/mol. The number of nitrogens with zero attached hydrogens (tertiary/aromatic N) is 3. The van der Waals surface area contributed by atoms with E-state index in [1.165, 1.54) is 0 Å². The molecule has 2 aliphatic heterocycles. The van der Waals surface area contributed by atoms with Crippen LogP contribution >= 0.6 is 0 Å². The number of rotatable bonds is 2. The van der Waals surface area contributed by atoms with Gasteiger partial charge in [-0.2, -0.15) is 0 Å². The molecule has 1 aromatic carbocycles. The Balaban J connectivity index is 1.58. The zero-order valence-corrected chi connectivity index (χ0v) is 17.2. The van der Waals surface area contributed by atoms with Crippen LogP contribution in [0.3, 0.4) is 0 Å². The quantitative estimate of drug-likeness (QED) is 0.718. The Morgan fingerprint density at radius 2 is 1.79 bits per heavy atom. The van der Waals surface area contributed by atoms with Crippen LogP contribution < -0.4 is 4.90 Å². The van der Waals surface area contributed by atoms with Crippen molar-refractivity contribution in [2.24, 2.45) is 5.41 Å². The fourth-order valence-electron chi connectivity index (χ4n) is 4.42. The number of hydrogen-bond acceptors (Lipinski definition) is 4. The van der Waals surface area contributed by atoms with Crippen molar-refractivity contribution in [3.8, 4) is 0 Å². The molecule has 2 amide bonds. The van der Waals surface area contributed by atoms with Crippen molar-refractivity contribution in [3.05, 3.63) is 60.4 Å². The number of aromatic nitrogens is 1. The number of carbonyl (C=O) groups excluding carboxylic acids is 2. The lowest BCUT2D eigenvalue weighted by molar-refractivity contribution is -0.144. The Kier molecular flexibility index (Phi) is 4.81. The van der Waals surface area contributed by atoms with Crippen molar-refractivity contribution in [1.29, 1.82) is 0 Å². The number of anilines is 1. The second-order valence-corrected chi connectivity index (χ2v) is 8.82. The van der Waals surface area contributed by atoms with E-state index in [9.17, 15) is 9.59 Å². The van der Waals surface area contributed by atoms with Gasteiger partial charge in [-0.15, -0.1) is 0 Å². The van der Waals surface area contributed by atoms with E-state index in [1.807, 2.05) is 74.3 Å². The first-order chi connectivity index (χ1) is 13.8. The maximum Gasteiger partial charge on any atom is 0.410 e. The Bertz CT molecular complexity index is 885. The zero-order valence-electron chi connectivity index (χ0n) is 17.2. The fourth-order valence-corrected chi connectivity index (χ4v) is 4.42. The van der Waals surface area contributed by atoms with E-state index < -0.39 is 11.0 Å². The van der Waals surface area contributed by atoms with E-state index in [-0.39, 0.29) is 18.0 Å². The number of piperidine rings is 1. The summed E-state index contributed by atoms with van der Waals surface area (Å²) in [5.74, 6) is 0.126. The molecule has 0 aliphatic carbocycles. The number of benzene rings is 1. The zero-order chi connectivity index (χ0) is 20.6. The number of carbonyl (C=O) groups is 2. The SMILES string of the molecule is CC(C)(C)OC(=O)N1CCC2(CC1)C(=O)N(c1ccccc1)C2c1cccnc1. The maximum atomic E-state index is 13.4. The number of likely N-dealkylation sites (tertiary alicyclic amines) is 1. The summed E-state index contributed by atoms with van der Waals surface area (Å²) in [6, 6.07) is 13.6. The number of amides is 2. The summed E-state index contributed by atoms with van der Waals surface area (Å²) < 4.78 is 5.51. The monoisotopic (exact) mass is 393 g/mol. The fraction of sp³-hybridized carbons (Fsp3) is 0.435. The first-order valence-corrected chi connectivity index (χ1v) is 10.1. The highest BCUT2D eigenvalue weighted by molar-refractivity contribution is 6.06. The Morgan fingerprint density at radius 3 is 2.38 bits per heavy atom. The number of β-lactam (4-membered cyclic amide) rings is 1. The van der Waals surface area contributed by atoms with Crippen LogP contribution in [0.5, 0.6) is 0 Å². The molecular formula is C23H27N3O3. The van der Waals surface area contributed by atoms with Crippen molar-refractivity contribution in [3.63, 3.8) is 0 Å². The van der Waals surface area contributed by atoms with Gasteiger partial charge >= 0.3 is 6.09 Å². The van der Waals surface area contributed by atoms with E-state index in [2.05, 4.69) is 4.98 Å². The smallest absolute Gasteiger partial charge is 0.410 e. The summed E-state index contributed by atoms with van der Waals surface area (Å²) in [4.78, 5) is 33.7. The predicted octanol–water partition coefficient (Wildman–Crippen LogP) is 4.19. The van der Waals surface area contributed by atoms with Gasteiger partial charge in [0.2, 0.25) is 5.91 Å². The molecule has 2 aliphatic rings. The Labute approximate surface area is 171 Å². The van der Waals surface area contributed by atoms with Gasteiger partial charge in [-0.3, -0.25) is 9.78 Å². The molecule has 1 spiro atoms. The molecule has 1 aromatic heterocycles. The summed E-state index contributed by atoms with van der Waals surface area (Å²) in [6.45, 7) is 6.62. The van der Waals surface area contributed by atoms with Crippen LogP contribution in [0.4, 0.5) is 10.5 Å². The average molecular weight is 393 g/mol. The maximum absolute atomic E-state index is 13.4. The summed E-state index contributed by atoms with van der Waals surface area (Å²) in [7, 11) is 0. The van der Waals surface area contributed by atoms with Crippen LogP contribution in [0.2, 0.25) is 0 Å². The Morgan fingerprint density at radius 1 is 1.10 bits per heavy atom. The van der Waals surface area contributed by atoms with Crippen LogP contribution in [0.1, 0.15) is 45.2 Å². The van der Waals surface area contributed by atoms with Crippen LogP contribution in [-0.2, 0) is 9.53 Å². The molecule has 1 atom stereocenters. The predicted molar refractivity (Wildman–Crippen MR) is 110 cm³/mol. The van der Waals surface area contributed by atoms with Gasteiger partial charge < -0.3 is 14.5 Å². The number of pyridine rings is 1. The first kappa shape index (κ1) is 19.4. The van der Waals surface area contributed by atoms with Crippen LogP contribution in [0, 0.1) is 5.41 Å². The second kappa shape index (κ2) is 7.17. The standard InChI is InChI=1S/C23H27N3O3/c1-22(2,3)29-21(28)25-14-11-23(12-15-25)19(17-8-7-13-24-16-17)26(20(23)27)18-9-5-4-6-10-18/h4-10,13,16,19H,11-12,14-15H2,1-3H3. The van der Waals surface area contributed by atoms with E-state index in [0.717, 1.165) is 11.3 Å². The van der Waals surface area contributed by atoms with E-state index in [4.69, 9.17) is 4.74 Å². The highest BCUT2D eigenvalue weighted by Gasteiger charge is 2.62. The number of hydrogen-bond donors (Lipinski definition) is 0. The van der Waals surface area contributed by atoms with Crippen molar-refractivity contribution in [2.45, 2.75) is 45.3 Å². The third-order valence-electron chi connectivity index (χ3n) is 5.77. The van der Waals surface area contributed by atoms with Gasteiger partial charge in [0.25, 0.3) is 0 Å². The summed E-state index contributed by atoms with van der Waals surface area (Å²) in [6.07, 6.45) is 4.52. The van der Waals surface area contributed by atoms with Crippen LogP contribution in [0.15, 0.2) is 54.9 Å². The van der Waals surface area contributed by atoms with E-state index in [1.54, 1.807) is 11.1 Å². The number of para-hydroxylation sites is 1. The van der Waals surface area contributed by atoms with Gasteiger partial charge in [-0.25, -0.2) is 4.79 Å². The molecule has 2 fully saturated rings. The van der Waals surface area contributed by atoms with Crippen LogP contribution in [0.25, 0.3) is 0 Å². The van der Waals surface area contributed by atoms with Gasteiger partial charge in [0.05, 0.1) is 11.5 Å². The lowest BCUT2D eigenvalue weighted by Crippen LogP contribution is -2.67. The van der Waals surface area contributed by atoms with Gasteiger partial charge in [0.15, 0.2) is 0 Å². The molecule has 6 nitrogen and oxygen atoms in total. The van der Waals surface area contributed by atoms with Crippen molar-refractivity contribution in [2.75, 3.05) is 18.0 Å². The molecule has 2 saturated heterocycles. The average Bonchev–Trinajstić information content (AvgIpc) is 2.71. The third kappa shape index (κ3) is 3.48. The topological polar surface area (TPSA) is 62.7 Å². The number of ether oxygens (including phenoxy) is 1. The lowest BCUT2D eigenvalue weighted by atomic mass is 9.62. The van der Waals surface area contributed by atoms with Gasteiger partial charge in [0.1, 0.15) is 5.60 Å². The minimum atomic E-state index is -0.527. The molecule has 29 heavy (non-hydrogen) atoms. The van der Waals surface area contributed by atoms with E-state index >= 15 is 0 Å². The summed E-state index contributed by atoms with van der Waals surface area (Å²) >= 11 is 0. The minimum absolute atomic E-state index is 0.0770. The molecule has 6 heteroatoms.